The molecule has 0 aliphatic carbocycles. The molecular weight excluding hydrogens is 703 g/mol. The van der Waals surface area contributed by atoms with Gasteiger partial charge in [-0.05, 0) is 30.7 Å². The van der Waals surface area contributed by atoms with Crippen LogP contribution in [0.15, 0.2) is 30.5 Å². The molecule has 48 heavy (non-hydrogen) atoms. The fourth-order valence-electron chi connectivity index (χ4n) is 5.84. The summed E-state index contributed by atoms with van der Waals surface area (Å²) in [4.78, 5) is 44.0. The summed E-state index contributed by atoms with van der Waals surface area (Å²) >= 11 is 0. The van der Waals surface area contributed by atoms with Crippen LogP contribution in [0.2, 0.25) is 0 Å². The van der Waals surface area contributed by atoms with E-state index in [4.69, 9.17) is 0 Å². The number of hydrogen-bond acceptors (Lipinski definition) is 5. The molecule has 0 radical (unpaired) electrons. The maximum absolute atomic E-state index is 14.8. The number of aromatic nitrogens is 1. The predicted octanol–water partition coefficient (Wildman–Crippen LogP) is 5.60. The molecule has 3 saturated heterocycles. The lowest BCUT2D eigenvalue weighted by Crippen LogP contribution is -2.74. The smallest absolute Gasteiger partial charge is 0.330 e. The number of nitriles is 1. The van der Waals surface area contributed by atoms with Gasteiger partial charge in [0.1, 0.15) is 12.1 Å². The van der Waals surface area contributed by atoms with Crippen LogP contribution in [-0.4, -0.2) is 99.0 Å². The zero-order valence-electron chi connectivity index (χ0n) is 22.7. The summed E-state index contributed by atoms with van der Waals surface area (Å²) < 4.78 is 205. The standard InChI is InChI=1S/C25H12F15N5O3/c26-19(27,20(28,29)21(30,31)22(32,33)23(34,35)24(36,37)25(38,39)40)17(47)43-8-10-6-13(43)15-16(46)45(18(48)44(10)15)12-4-3-9(7-41)14-11(12)2-1-5-42-14/h1-5,10,13,15H,6,8H2/t10-,13-,15-/m0/s1. The van der Waals surface area contributed by atoms with Crippen molar-refractivity contribution in [1.82, 2.24) is 14.8 Å². The summed E-state index contributed by atoms with van der Waals surface area (Å²) in [5, 5.41) is 9.33. The van der Waals surface area contributed by atoms with Gasteiger partial charge in [0.05, 0.1) is 28.9 Å². The number of piperazine rings is 1. The summed E-state index contributed by atoms with van der Waals surface area (Å²) in [6, 6.07) is -0.0638. The molecule has 0 N–H and O–H groups in total. The molecule has 0 spiro atoms. The number of benzene rings is 1. The monoisotopic (exact) mass is 715 g/mol. The number of amides is 4. The van der Waals surface area contributed by atoms with Crippen molar-refractivity contribution in [3.8, 4) is 6.07 Å². The fourth-order valence-corrected chi connectivity index (χ4v) is 5.84. The molecule has 5 rings (SSSR count). The fraction of sp³-hybridized carbons (Fsp3) is 0.480. The van der Waals surface area contributed by atoms with Gasteiger partial charge in [-0.3, -0.25) is 14.6 Å². The molecule has 1 aromatic carbocycles. The van der Waals surface area contributed by atoms with Crippen molar-refractivity contribution in [3.05, 3.63) is 36.0 Å². The van der Waals surface area contributed by atoms with Crippen LogP contribution in [0.4, 0.5) is 76.3 Å². The Labute approximate surface area is 255 Å². The van der Waals surface area contributed by atoms with Crippen molar-refractivity contribution in [2.24, 2.45) is 0 Å². The number of fused-ring (bicyclic) bond motifs is 6. The normalized spacial score (nSPS) is 22.5. The third kappa shape index (κ3) is 4.05. The van der Waals surface area contributed by atoms with Crippen LogP contribution in [0.1, 0.15) is 12.0 Å². The van der Waals surface area contributed by atoms with E-state index >= 15 is 0 Å². The molecule has 3 fully saturated rings. The van der Waals surface area contributed by atoms with Gasteiger partial charge in [-0.15, -0.1) is 0 Å². The number of halogens is 15. The molecule has 8 nitrogen and oxygen atoms in total. The topological polar surface area (TPSA) is 97.6 Å². The van der Waals surface area contributed by atoms with Gasteiger partial charge in [-0.1, -0.05) is 0 Å². The van der Waals surface area contributed by atoms with Gasteiger partial charge < -0.3 is 9.80 Å². The minimum absolute atomic E-state index is 0.0157. The number of carbonyl (C=O) groups is 3. The van der Waals surface area contributed by atoms with Crippen LogP contribution in [0.25, 0.3) is 10.9 Å². The first kappa shape index (κ1) is 34.8. The minimum atomic E-state index is -8.57. The molecule has 4 heterocycles. The minimum Gasteiger partial charge on any atom is -0.330 e. The van der Waals surface area contributed by atoms with E-state index in [1.807, 2.05) is 0 Å². The van der Waals surface area contributed by atoms with E-state index in [1.165, 1.54) is 18.3 Å². The molecule has 1 aromatic heterocycles. The van der Waals surface area contributed by atoms with E-state index in [0.29, 0.717) is 9.80 Å². The average Bonchev–Trinajstić information content (AvgIpc) is 3.66. The van der Waals surface area contributed by atoms with E-state index < -0.39 is 95.5 Å². The number of imide groups is 1. The highest BCUT2D eigenvalue weighted by atomic mass is 19.4. The Balaban J connectivity index is 1.47. The van der Waals surface area contributed by atoms with E-state index in [1.54, 1.807) is 6.07 Å². The predicted molar refractivity (Wildman–Crippen MR) is 125 cm³/mol. The lowest BCUT2D eigenvalue weighted by Gasteiger charge is -2.42. The van der Waals surface area contributed by atoms with Crippen molar-refractivity contribution in [1.29, 1.82) is 5.26 Å². The maximum atomic E-state index is 14.8. The maximum Gasteiger partial charge on any atom is 0.460 e. The summed E-state index contributed by atoms with van der Waals surface area (Å²) in [5.41, 5.74) is -0.298. The number of anilines is 1. The number of carbonyl (C=O) groups excluding carboxylic acids is 3. The third-order valence-electron chi connectivity index (χ3n) is 8.23. The lowest BCUT2D eigenvalue weighted by molar-refractivity contribution is -0.450. The average molecular weight is 715 g/mol. The highest BCUT2D eigenvalue weighted by Gasteiger charge is 2.94. The highest BCUT2D eigenvalue weighted by Crippen LogP contribution is 2.62. The Hall–Kier alpha value is -4.52. The first-order chi connectivity index (χ1) is 21.7. The quantitative estimate of drug-likeness (QED) is 0.275. The first-order valence-electron chi connectivity index (χ1n) is 12.8. The zero-order chi connectivity index (χ0) is 36.4. The second-order valence-electron chi connectivity index (χ2n) is 10.8. The lowest BCUT2D eigenvalue weighted by atomic mass is 9.90. The van der Waals surface area contributed by atoms with Crippen LogP contribution in [-0.2, 0) is 9.59 Å². The van der Waals surface area contributed by atoms with Crippen LogP contribution < -0.4 is 4.90 Å². The number of rotatable bonds is 7. The molecule has 0 saturated carbocycles. The Morgan fingerprint density at radius 3 is 1.94 bits per heavy atom. The van der Waals surface area contributed by atoms with E-state index in [2.05, 4.69) is 4.98 Å². The molecule has 23 heteroatoms. The Morgan fingerprint density at radius 1 is 0.812 bits per heavy atom. The van der Waals surface area contributed by atoms with Crippen molar-refractivity contribution in [2.75, 3.05) is 11.4 Å². The first-order valence-corrected chi connectivity index (χ1v) is 12.8. The molecule has 2 bridgehead atoms. The van der Waals surface area contributed by atoms with E-state index in [0.717, 1.165) is 12.1 Å². The number of alkyl halides is 15. The number of likely N-dealkylation sites (tertiary alicyclic amines) is 1. The number of nitrogens with zero attached hydrogens (tertiary/aromatic N) is 5. The summed E-state index contributed by atoms with van der Waals surface area (Å²) in [7, 11) is 0. The van der Waals surface area contributed by atoms with E-state index in [9.17, 15) is 85.5 Å². The van der Waals surface area contributed by atoms with Gasteiger partial charge >= 0.3 is 47.7 Å². The Morgan fingerprint density at radius 2 is 1.38 bits per heavy atom. The van der Waals surface area contributed by atoms with Crippen molar-refractivity contribution in [2.45, 2.75) is 66.3 Å². The van der Waals surface area contributed by atoms with E-state index in [-0.39, 0.29) is 22.2 Å². The highest BCUT2D eigenvalue weighted by molar-refractivity contribution is 6.25. The van der Waals surface area contributed by atoms with Gasteiger partial charge in [0, 0.05) is 18.1 Å². The van der Waals surface area contributed by atoms with Crippen LogP contribution in [0.5, 0.6) is 0 Å². The van der Waals surface area contributed by atoms with Gasteiger partial charge in [-0.25, -0.2) is 9.69 Å². The molecule has 2 aromatic rings. The summed E-state index contributed by atoms with van der Waals surface area (Å²) in [6.45, 7) is -1.25. The molecule has 3 aliphatic heterocycles. The molecule has 0 unspecified atom stereocenters. The summed E-state index contributed by atoms with van der Waals surface area (Å²) in [5.74, 6) is -53.8. The van der Waals surface area contributed by atoms with Gasteiger partial charge in [0.15, 0.2) is 0 Å². The third-order valence-corrected chi connectivity index (χ3v) is 8.23. The zero-order valence-corrected chi connectivity index (χ0v) is 22.7. The second-order valence-corrected chi connectivity index (χ2v) is 10.8. The summed E-state index contributed by atoms with van der Waals surface area (Å²) in [6.07, 6.45) is -7.20. The molecule has 3 aliphatic rings. The van der Waals surface area contributed by atoms with Crippen LogP contribution in [0.3, 0.4) is 0 Å². The van der Waals surface area contributed by atoms with Crippen LogP contribution in [0, 0.1) is 11.3 Å². The SMILES string of the molecule is N#Cc1ccc(N2C(=O)[C@@H]3[C@@H]4C[C@@H](CN4C(=O)C(F)(F)C(F)(F)C(F)(F)C(F)(F)C(F)(F)C(F)(F)C(F)(F)F)N3C2=O)c2cccnc12. The largest absolute Gasteiger partial charge is 0.460 e. The van der Waals surface area contributed by atoms with Crippen LogP contribution >= 0.6 is 0 Å². The van der Waals surface area contributed by atoms with Crippen molar-refractivity contribution < 1.29 is 80.2 Å². The molecule has 260 valence electrons. The Kier molecular flexibility index (Phi) is 7.25. The van der Waals surface area contributed by atoms with Gasteiger partial charge in [0.2, 0.25) is 0 Å². The van der Waals surface area contributed by atoms with Gasteiger partial charge in [-0.2, -0.15) is 71.1 Å². The number of pyridine rings is 1. The number of urea groups is 1. The Bertz CT molecular complexity index is 1770. The molecule has 4 amide bonds. The van der Waals surface area contributed by atoms with Crippen molar-refractivity contribution in [3.63, 3.8) is 0 Å². The molecular formula is C25H12F15N5O3. The number of hydrogen-bond donors (Lipinski definition) is 0. The van der Waals surface area contributed by atoms with Gasteiger partial charge in [0.25, 0.3) is 11.8 Å². The van der Waals surface area contributed by atoms with Crippen molar-refractivity contribution >= 4 is 34.4 Å². The second kappa shape index (κ2) is 10.0. The molecule has 3 atom stereocenters.